The summed E-state index contributed by atoms with van der Waals surface area (Å²) in [7, 11) is 1.64. The molecule has 3 aromatic rings. The summed E-state index contributed by atoms with van der Waals surface area (Å²) in [5.41, 5.74) is 7.96. The van der Waals surface area contributed by atoms with Gasteiger partial charge in [0, 0.05) is 17.1 Å². The summed E-state index contributed by atoms with van der Waals surface area (Å²) >= 11 is 0. The summed E-state index contributed by atoms with van der Waals surface area (Å²) in [5.74, 6) is 0.798. The van der Waals surface area contributed by atoms with E-state index in [0.29, 0.717) is 11.9 Å². The van der Waals surface area contributed by atoms with Crippen molar-refractivity contribution >= 4 is 10.8 Å². The molecule has 23 heavy (non-hydrogen) atoms. The fourth-order valence-corrected chi connectivity index (χ4v) is 2.77. The van der Waals surface area contributed by atoms with Crippen molar-refractivity contribution in [3.63, 3.8) is 0 Å². The second-order valence-electron chi connectivity index (χ2n) is 5.68. The van der Waals surface area contributed by atoms with Crippen LogP contribution in [0.25, 0.3) is 10.8 Å². The number of rotatable bonds is 4. The molecule has 0 bridgehead atoms. The molecule has 4 nitrogen and oxygen atoms in total. The number of hydrogen-bond donors (Lipinski definition) is 1. The topological polar surface area (TPSA) is 57.2 Å². The molecule has 2 aromatic carbocycles. The monoisotopic (exact) mass is 308 g/mol. The minimum atomic E-state index is -0.217. The van der Waals surface area contributed by atoms with E-state index in [0.717, 1.165) is 22.4 Å². The third-order valence-corrected chi connectivity index (χ3v) is 4.02. The summed E-state index contributed by atoms with van der Waals surface area (Å²) < 4.78 is 6.93. The Labute approximate surface area is 135 Å². The molecular weight excluding hydrogens is 288 g/mol. The van der Waals surface area contributed by atoms with E-state index in [2.05, 4.69) is 0 Å². The maximum Gasteiger partial charge on any atom is 0.258 e. The molecule has 0 unspecified atom stereocenters. The maximum absolute atomic E-state index is 12.9. The highest BCUT2D eigenvalue weighted by molar-refractivity contribution is 5.82. The lowest BCUT2D eigenvalue weighted by Crippen LogP contribution is -2.27. The largest absolute Gasteiger partial charge is 0.497 e. The van der Waals surface area contributed by atoms with Gasteiger partial charge in [-0.2, -0.15) is 0 Å². The Bertz CT molecular complexity index is 880. The second kappa shape index (κ2) is 6.26. The maximum atomic E-state index is 12.9. The Morgan fingerprint density at radius 1 is 1.13 bits per heavy atom. The summed E-state index contributed by atoms with van der Waals surface area (Å²) in [6.07, 6.45) is 0. The molecule has 1 heterocycles. The van der Waals surface area contributed by atoms with Crippen LogP contribution >= 0.6 is 0 Å². The zero-order valence-corrected chi connectivity index (χ0v) is 13.3. The number of methoxy groups -OCH3 is 1. The van der Waals surface area contributed by atoms with Gasteiger partial charge < -0.3 is 15.0 Å². The first-order valence-electron chi connectivity index (χ1n) is 7.61. The predicted octanol–water partition coefficient (Wildman–Crippen LogP) is 3.08. The van der Waals surface area contributed by atoms with Gasteiger partial charge in [0.2, 0.25) is 0 Å². The van der Waals surface area contributed by atoms with E-state index in [1.807, 2.05) is 61.5 Å². The normalized spacial score (nSPS) is 12.3. The molecule has 0 spiro atoms. The van der Waals surface area contributed by atoms with Gasteiger partial charge in [0.25, 0.3) is 5.56 Å². The molecule has 1 aromatic heterocycles. The fourth-order valence-electron chi connectivity index (χ4n) is 2.77. The van der Waals surface area contributed by atoms with Gasteiger partial charge >= 0.3 is 0 Å². The molecule has 0 aliphatic heterocycles. The predicted molar refractivity (Wildman–Crippen MR) is 92.9 cm³/mol. The molecule has 0 aliphatic rings. The first-order valence-corrected chi connectivity index (χ1v) is 7.61. The van der Waals surface area contributed by atoms with Crippen LogP contribution in [0.15, 0.2) is 59.4 Å². The van der Waals surface area contributed by atoms with E-state index < -0.39 is 0 Å². The van der Waals surface area contributed by atoms with Gasteiger partial charge in [-0.25, -0.2) is 0 Å². The lowest BCUT2D eigenvalue weighted by molar-refractivity contribution is 0.414. The SMILES string of the molecule is COc1ccc(Cn2c([C@H](C)N)cc3ccccc3c2=O)cc1. The van der Waals surface area contributed by atoms with Crippen LogP contribution in [0, 0.1) is 0 Å². The Morgan fingerprint density at radius 2 is 1.83 bits per heavy atom. The van der Waals surface area contributed by atoms with Crippen molar-refractivity contribution in [3.8, 4) is 5.75 Å². The summed E-state index contributed by atoms with van der Waals surface area (Å²) in [6, 6.07) is 17.1. The molecule has 118 valence electrons. The highest BCUT2D eigenvalue weighted by Crippen LogP contribution is 2.18. The van der Waals surface area contributed by atoms with Crippen LogP contribution in [-0.2, 0) is 6.54 Å². The molecule has 1 atom stereocenters. The average Bonchev–Trinajstić information content (AvgIpc) is 2.57. The van der Waals surface area contributed by atoms with Gasteiger partial charge in [-0.05, 0) is 42.1 Å². The van der Waals surface area contributed by atoms with Gasteiger partial charge in [0.1, 0.15) is 5.75 Å². The minimum Gasteiger partial charge on any atom is -0.497 e. The first kappa shape index (κ1) is 15.3. The van der Waals surface area contributed by atoms with Crippen LogP contribution in [0.1, 0.15) is 24.2 Å². The number of hydrogen-bond acceptors (Lipinski definition) is 3. The quantitative estimate of drug-likeness (QED) is 0.806. The molecule has 4 heteroatoms. The van der Waals surface area contributed by atoms with Crippen molar-refractivity contribution in [3.05, 3.63) is 76.2 Å². The number of ether oxygens (including phenoxy) is 1. The van der Waals surface area contributed by atoms with Crippen LogP contribution < -0.4 is 16.0 Å². The van der Waals surface area contributed by atoms with E-state index in [1.54, 1.807) is 11.7 Å². The summed E-state index contributed by atoms with van der Waals surface area (Å²) in [4.78, 5) is 12.9. The van der Waals surface area contributed by atoms with Gasteiger partial charge in [-0.3, -0.25) is 4.79 Å². The molecule has 0 amide bonds. The van der Waals surface area contributed by atoms with Gasteiger partial charge in [0.05, 0.1) is 13.7 Å². The highest BCUT2D eigenvalue weighted by atomic mass is 16.5. The Kier molecular flexibility index (Phi) is 4.17. The average molecular weight is 308 g/mol. The molecule has 0 saturated carbocycles. The van der Waals surface area contributed by atoms with Crippen molar-refractivity contribution in [1.82, 2.24) is 4.57 Å². The fraction of sp³-hybridized carbons (Fsp3) is 0.211. The van der Waals surface area contributed by atoms with Crippen molar-refractivity contribution in [2.75, 3.05) is 7.11 Å². The van der Waals surface area contributed by atoms with Gasteiger partial charge in [-0.15, -0.1) is 0 Å². The molecule has 0 radical (unpaired) electrons. The zero-order chi connectivity index (χ0) is 16.4. The van der Waals surface area contributed by atoms with Crippen LogP contribution in [0.3, 0.4) is 0 Å². The second-order valence-corrected chi connectivity index (χ2v) is 5.68. The van der Waals surface area contributed by atoms with Gasteiger partial charge in [0.15, 0.2) is 0 Å². The Morgan fingerprint density at radius 3 is 2.48 bits per heavy atom. The van der Waals surface area contributed by atoms with Crippen LogP contribution in [-0.4, -0.2) is 11.7 Å². The number of aromatic nitrogens is 1. The van der Waals surface area contributed by atoms with Gasteiger partial charge in [-0.1, -0.05) is 30.3 Å². The molecule has 3 rings (SSSR count). The van der Waals surface area contributed by atoms with E-state index in [-0.39, 0.29) is 11.6 Å². The molecular formula is C19H20N2O2. The lowest BCUT2D eigenvalue weighted by atomic mass is 10.1. The summed E-state index contributed by atoms with van der Waals surface area (Å²) in [6.45, 7) is 2.39. The van der Waals surface area contributed by atoms with E-state index >= 15 is 0 Å². The van der Waals surface area contributed by atoms with E-state index in [9.17, 15) is 4.79 Å². The van der Waals surface area contributed by atoms with Crippen molar-refractivity contribution in [2.45, 2.75) is 19.5 Å². The first-order chi connectivity index (χ1) is 11.1. The highest BCUT2D eigenvalue weighted by Gasteiger charge is 2.12. The molecule has 2 N–H and O–H groups in total. The number of fused-ring (bicyclic) bond motifs is 1. The van der Waals surface area contributed by atoms with E-state index in [1.165, 1.54) is 0 Å². The van der Waals surface area contributed by atoms with Crippen LogP contribution in [0.5, 0.6) is 5.75 Å². The molecule has 0 saturated heterocycles. The van der Waals surface area contributed by atoms with Crippen LogP contribution in [0.4, 0.5) is 0 Å². The number of pyridine rings is 1. The standard InChI is InChI=1S/C19H20N2O2/c1-13(20)18-11-15-5-3-4-6-17(15)19(22)21(18)12-14-7-9-16(23-2)10-8-14/h3-11,13H,12,20H2,1-2H3/t13-/m0/s1. The van der Waals surface area contributed by atoms with Crippen LogP contribution in [0.2, 0.25) is 0 Å². The van der Waals surface area contributed by atoms with E-state index in [4.69, 9.17) is 10.5 Å². The Balaban J connectivity index is 2.12. The molecule has 0 fully saturated rings. The Hall–Kier alpha value is -2.59. The number of benzene rings is 2. The van der Waals surface area contributed by atoms with Crippen molar-refractivity contribution < 1.29 is 4.74 Å². The number of nitrogens with two attached hydrogens (primary N) is 1. The van der Waals surface area contributed by atoms with Crippen molar-refractivity contribution in [1.29, 1.82) is 0 Å². The third-order valence-electron chi connectivity index (χ3n) is 4.02. The minimum absolute atomic E-state index is 0.00813. The summed E-state index contributed by atoms with van der Waals surface area (Å²) in [5, 5.41) is 1.64. The van der Waals surface area contributed by atoms with Crippen molar-refractivity contribution in [2.24, 2.45) is 5.73 Å². The third kappa shape index (κ3) is 2.98. The molecule has 0 aliphatic carbocycles. The lowest BCUT2D eigenvalue weighted by Gasteiger charge is -2.17. The zero-order valence-electron chi connectivity index (χ0n) is 13.3. The number of nitrogens with zero attached hydrogens (tertiary/aromatic N) is 1. The smallest absolute Gasteiger partial charge is 0.258 e.